The molecule has 182 valence electrons. The van der Waals surface area contributed by atoms with E-state index >= 15 is 0 Å². The fraction of sp³-hybridized carbons (Fsp3) is 0.250. The van der Waals surface area contributed by atoms with Crippen LogP contribution in [0.4, 0.5) is 5.69 Å². The van der Waals surface area contributed by atoms with Crippen molar-refractivity contribution < 1.29 is 0 Å². The van der Waals surface area contributed by atoms with Crippen molar-refractivity contribution in [1.29, 1.82) is 0 Å². The van der Waals surface area contributed by atoms with Crippen LogP contribution in [0.5, 0.6) is 0 Å². The summed E-state index contributed by atoms with van der Waals surface area (Å²) in [7, 11) is 0. The number of benzene rings is 3. The van der Waals surface area contributed by atoms with Crippen LogP contribution in [0, 0.1) is 11.8 Å². The van der Waals surface area contributed by atoms with Crippen LogP contribution >= 0.6 is 11.3 Å². The van der Waals surface area contributed by atoms with Gasteiger partial charge in [-0.05, 0) is 63.1 Å². The van der Waals surface area contributed by atoms with Gasteiger partial charge in [-0.25, -0.2) is 0 Å². The van der Waals surface area contributed by atoms with Crippen LogP contribution < -0.4 is 0 Å². The van der Waals surface area contributed by atoms with Crippen molar-refractivity contribution in [3.63, 3.8) is 0 Å². The summed E-state index contributed by atoms with van der Waals surface area (Å²) in [6.07, 6.45) is 7.45. The molecule has 0 saturated heterocycles. The van der Waals surface area contributed by atoms with E-state index in [0.717, 1.165) is 34.9 Å². The Balaban J connectivity index is 1.31. The second-order valence-corrected chi connectivity index (χ2v) is 11.8. The first-order valence-electron chi connectivity index (χ1n) is 13.0. The lowest BCUT2D eigenvalue weighted by Gasteiger charge is -2.10. The summed E-state index contributed by atoms with van der Waals surface area (Å²) in [5.41, 5.74) is 10.4. The van der Waals surface area contributed by atoms with E-state index in [1.54, 1.807) is 12.4 Å². The molecule has 7 rings (SSSR count). The van der Waals surface area contributed by atoms with E-state index in [1.165, 1.54) is 54.0 Å². The van der Waals surface area contributed by atoms with Crippen LogP contribution in [0.1, 0.15) is 45.2 Å². The third kappa shape index (κ3) is 3.64. The second kappa shape index (κ2) is 8.42. The molecule has 0 amide bonds. The molecule has 0 fully saturated rings. The normalized spacial score (nSPS) is 15.2. The fourth-order valence-electron chi connectivity index (χ4n) is 5.48. The van der Waals surface area contributed by atoms with Crippen LogP contribution in [-0.4, -0.2) is 21.4 Å². The molecule has 0 radical (unpaired) electrons. The van der Waals surface area contributed by atoms with Crippen LogP contribution in [-0.2, 0) is 6.42 Å². The first kappa shape index (κ1) is 22.5. The number of fused-ring (bicyclic) bond motifs is 7. The molecule has 2 aromatic heterocycles. The standard InChI is InChI=1S/C32H28N4S/c1-17(2)26-12-22(16-35-26)19-5-6-21-14-29(37-28(21)13-19)20-7-8-23-24(11-20)30-32(34-10-9-33-30)31-25(23)15-27(36-31)18(3)4/h5-11,13-14,16-18H,12,15H2,1-4H3. The topological polar surface area (TPSA) is 50.5 Å². The molecule has 0 unspecified atom stereocenters. The minimum absolute atomic E-state index is 0.417. The van der Waals surface area contributed by atoms with Crippen molar-refractivity contribution >= 4 is 65.9 Å². The third-order valence-electron chi connectivity index (χ3n) is 7.69. The molecular weight excluding hydrogens is 472 g/mol. The summed E-state index contributed by atoms with van der Waals surface area (Å²) in [6, 6.07) is 15.9. The average molecular weight is 501 g/mol. The van der Waals surface area contributed by atoms with E-state index in [0.29, 0.717) is 11.8 Å². The number of nitrogens with zero attached hydrogens (tertiary/aromatic N) is 4. The van der Waals surface area contributed by atoms with Crippen molar-refractivity contribution in [2.45, 2.75) is 40.5 Å². The van der Waals surface area contributed by atoms with Crippen molar-refractivity contribution in [3.8, 4) is 10.4 Å². The molecule has 2 aliphatic rings. The van der Waals surface area contributed by atoms with Gasteiger partial charge in [0.2, 0.25) is 0 Å². The van der Waals surface area contributed by atoms with Gasteiger partial charge in [0.25, 0.3) is 0 Å². The van der Waals surface area contributed by atoms with Crippen LogP contribution in [0.15, 0.2) is 71.0 Å². The SMILES string of the molecule is CC(C)C1=NC=C(c2ccc3cc(-c4ccc5c6c(c7nccnc7c5c4)N=C(C(C)C)C6)sc3c2)C1. The summed E-state index contributed by atoms with van der Waals surface area (Å²) in [5, 5.41) is 3.68. The van der Waals surface area contributed by atoms with E-state index < -0.39 is 0 Å². The molecule has 2 aliphatic heterocycles. The van der Waals surface area contributed by atoms with Crippen molar-refractivity contribution in [1.82, 2.24) is 9.97 Å². The number of hydrogen-bond donors (Lipinski definition) is 0. The molecule has 0 bridgehead atoms. The van der Waals surface area contributed by atoms with Gasteiger partial charge in [0, 0.05) is 57.8 Å². The molecule has 0 aliphatic carbocycles. The van der Waals surface area contributed by atoms with Gasteiger partial charge < -0.3 is 0 Å². The lowest BCUT2D eigenvalue weighted by atomic mass is 9.95. The number of rotatable bonds is 4. The molecule has 0 N–H and O–H groups in total. The van der Waals surface area contributed by atoms with Gasteiger partial charge in [-0.1, -0.05) is 52.0 Å². The summed E-state index contributed by atoms with van der Waals surface area (Å²) >= 11 is 1.85. The first-order valence-corrected chi connectivity index (χ1v) is 13.8. The Bertz CT molecular complexity index is 1830. The molecule has 0 atom stereocenters. The van der Waals surface area contributed by atoms with Gasteiger partial charge in [0.15, 0.2) is 0 Å². The zero-order valence-electron chi connectivity index (χ0n) is 21.5. The minimum Gasteiger partial charge on any atom is -0.265 e. The Hall–Kier alpha value is -3.70. The van der Waals surface area contributed by atoms with Gasteiger partial charge in [0.05, 0.1) is 11.2 Å². The van der Waals surface area contributed by atoms with Crippen molar-refractivity contribution in [2.75, 3.05) is 0 Å². The van der Waals surface area contributed by atoms with Crippen molar-refractivity contribution in [2.24, 2.45) is 21.8 Å². The molecule has 5 aromatic rings. The predicted molar refractivity (Wildman–Crippen MR) is 158 cm³/mol. The number of allylic oxidation sites excluding steroid dienone is 1. The van der Waals surface area contributed by atoms with Gasteiger partial charge in [-0.2, -0.15) is 0 Å². The average Bonchev–Trinajstić information content (AvgIpc) is 3.66. The highest BCUT2D eigenvalue weighted by Gasteiger charge is 2.24. The largest absolute Gasteiger partial charge is 0.265 e. The molecule has 0 saturated carbocycles. The Morgan fingerprint density at radius 1 is 0.757 bits per heavy atom. The van der Waals surface area contributed by atoms with Gasteiger partial charge in [-0.15, -0.1) is 11.3 Å². The third-order valence-corrected chi connectivity index (χ3v) is 8.83. The van der Waals surface area contributed by atoms with E-state index in [1.807, 2.05) is 17.5 Å². The molecule has 0 spiro atoms. The maximum atomic E-state index is 5.00. The Kier molecular flexibility index (Phi) is 5.12. The lowest BCUT2D eigenvalue weighted by Crippen LogP contribution is -2.06. The van der Waals surface area contributed by atoms with Gasteiger partial charge >= 0.3 is 0 Å². The number of aromatic nitrogens is 2. The highest BCUT2D eigenvalue weighted by atomic mass is 32.1. The minimum atomic E-state index is 0.417. The fourth-order valence-corrected chi connectivity index (χ4v) is 6.58. The van der Waals surface area contributed by atoms with Crippen molar-refractivity contribution in [3.05, 3.63) is 72.2 Å². The quantitative estimate of drug-likeness (QED) is 0.232. The molecule has 4 nitrogen and oxygen atoms in total. The van der Waals surface area contributed by atoms with Gasteiger partial charge in [0.1, 0.15) is 5.52 Å². The molecule has 4 heterocycles. The number of hydrogen-bond acceptors (Lipinski definition) is 5. The summed E-state index contributed by atoms with van der Waals surface area (Å²) < 4.78 is 1.31. The highest BCUT2D eigenvalue weighted by Crippen LogP contribution is 2.43. The number of aliphatic imine (C=N–C) groups is 2. The second-order valence-electron chi connectivity index (χ2n) is 10.7. The zero-order valence-corrected chi connectivity index (χ0v) is 22.4. The van der Waals surface area contributed by atoms with E-state index in [9.17, 15) is 0 Å². The van der Waals surface area contributed by atoms with Crippen LogP contribution in [0.3, 0.4) is 0 Å². The maximum Gasteiger partial charge on any atom is 0.115 e. The molecular formula is C32H28N4S. The van der Waals surface area contributed by atoms with Crippen LogP contribution in [0.2, 0.25) is 0 Å². The molecule has 37 heavy (non-hydrogen) atoms. The number of thiophene rings is 1. The smallest absolute Gasteiger partial charge is 0.115 e. The molecule has 5 heteroatoms. The Morgan fingerprint density at radius 3 is 2.32 bits per heavy atom. The Morgan fingerprint density at radius 2 is 1.54 bits per heavy atom. The van der Waals surface area contributed by atoms with Gasteiger partial charge in [-0.3, -0.25) is 20.0 Å². The Labute approximate surface area is 220 Å². The predicted octanol–water partition coefficient (Wildman–Crippen LogP) is 8.79. The zero-order chi connectivity index (χ0) is 25.3. The lowest BCUT2D eigenvalue weighted by molar-refractivity contribution is 0.872. The monoisotopic (exact) mass is 500 g/mol. The first-order chi connectivity index (χ1) is 18.0. The van der Waals surface area contributed by atoms with Crippen LogP contribution in [0.25, 0.3) is 47.9 Å². The summed E-state index contributed by atoms with van der Waals surface area (Å²) in [4.78, 5) is 20.4. The summed E-state index contributed by atoms with van der Waals surface area (Å²) in [5.74, 6) is 0.907. The molecule has 3 aromatic carbocycles. The van der Waals surface area contributed by atoms with E-state index in [2.05, 4.69) is 75.2 Å². The summed E-state index contributed by atoms with van der Waals surface area (Å²) in [6.45, 7) is 8.86. The maximum absolute atomic E-state index is 5.00. The van der Waals surface area contributed by atoms with E-state index in [-0.39, 0.29) is 0 Å². The van der Waals surface area contributed by atoms with E-state index in [4.69, 9.17) is 15.0 Å². The highest BCUT2D eigenvalue weighted by molar-refractivity contribution is 7.22.